The van der Waals surface area contributed by atoms with Crippen molar-refractivity contribution in [2.45, 2.75) is 46.1 Å². The summed E-state index contributed by atoms with van der Waals surface area (Å²) in [5.74, 6) is 0.360. The van der Waals surface area contributed by atoms with Crippen LogP contribution >= 0.6 is 11.3 Å². The third-order valence-corrected chi connectivity index (χ3v) is 4.25. The molecule has 19 heavy (non-hydrogen) atoms. The lowest BCUT2D eigenvalue weighted by Crippen LogP contribution is -2.23. The fourth-order valence-corrected chi connectivity index (χ4v) is 2.86. The Morgan fingerprint density at radius 2 is 2.05 bits per heavy atom. The lowest BCUT2D eigenvalue weighted by molar-refractivity contribution is 0.156. The Morgan fingerprint density at radius 1 is 1.37 bits per heavy atom. The van der Waals surface area contributed by atoms with Crippen LogP contribution in [0.1, 0.15) is 43.7 Å². The normalized spacial score (nSPS) is 13.0. The monoisotopic (exact) mass is 291 g/mol. The molecule has 0 saturated heterocycles. The number of nitrogens with zero attached hydrogens (tertiary/aromatic N) is 2. The maximum Gasteiger partial charge on any atom is 0.255 e. The topological polar surface area (TPSA) is 28.2 Å². The fourth-order valence-electron chi connectivity index (χ4n) is 1.74. The highest BCUT2D eigenvalue weighted by atomic mass is 32.1. The molecule has 6 heteroatoms. The van der Waals surface area contributed by atoms with Gasteiger partial charge in [0.1, 0.15) is 0 Å². The Labute approximate surface area is 118 Å². The molecule has 1 aromatic heterocycles. The lowest BCUT2D eigenvalue weighted by atomic mass is 10.0. The van der Waals surface area contributed by atoms with Gasteiger partial charge in [0, 0.05) is 18.5 Å². The van der Waals surface area contributed by atoms with E-state index in [-0.39, 0.29) is 6.54 Å². The van der Waals surface area contributed by atoms with Gasteiger partial charge in [0.05, 0.1) is 12.2 Å². The highest BCUT2D eigenvalue weighted by molar-refractivity contribution is 7.15. The molecule has 1 atom stereocenters. The van der Waals surface area contributed by atoms with Crippen LogP contribution in [0.2, 0.25) is 0 Å². The van der Waals surface area contributed by atoms with Crippen LogP contribution in [0.5, 0.6) is 0 Å². The molecule has 0 amide bonds. The second-order valence-electron chi connectivity index (χ2n) is 4.67. The van der Waals surface area contributed by atoms with Crippen LogP contribution in [0.25, 0.3) is 0 Å². The first-order chi connectivity index (χ1) is 8.99. The van der Waals surface area contributed by atoms with Gasteiger partial charge < -0.3 is 10.2 Å². The molecule has 0 spiro atoms. The van der Waals surface area contributed by atoms with Crippen molar-refractivity contribution in [3.8, 4) is 0 Å². The van der Waals surface area contributed by atoms with Crippen LogP contribution in [0, 0.1) is 0 Å². The number of hydrogen-bond acceptors (Lipinski definition) is 4. The fraction of sp³-hybridized carbons (Fsp3) is 0.769. The Kier molecular flexibility index (Phi) is 6.65. The van der Waals surface area contributed by atoms with Crippen LogP contribution in [-0.4, -0.2) is 31.5 Å². The van der Waals surface area contributed by atoms with E-state index in [2.05, 4.69) is 24.1 Å². The Balaban J connectivity index is 2.91. The zero-order valence-corrected chi connectivity index (χ0v) is 12.9. The van der Waals surface area contributed by atoms with E-state index in [0.717, 1.165) is 30.1 Å². The summed E-state index contributed by atoms with van der Waals surface area (Å²) in [6.07, 6.45) is -1.33. The number of aromatic nitrogens is 1. The van der Waals surface area contributed by atoms with Gasteiger partial charge in [-0.15, -0.1) is 11.3 Å². The SMILES string of the molecule is CCNCc1sc(N(C)CC(F)F)nc1C(C)CC. The molecule has 110 valence electrons. The number of alkyl halides is 2. The second-order valence-corrected chi connectivity index (χ2v) is 5.73. The Morgan fingerprint density at radius 3 is 2.58 bits per heavy atom. The summed E-state index contributed by atoms with van der Waals surface area (Å²) in [5, 5.41) is 3.96. The first-order valence-corrected chi connectivity index (χ1v) is 7.50. The molecule has 1 heterocycles. The summed E-state index contributed by atoms with van der Waals surface area (Å²) in [6, 6.07) is 0. The number of hydrogen-bond donors (Lipinski definition) is 1. The van der Waals surface area contributed by atoms with E-state index >= 15 is 0 Å². The predicted octanol–water partition coefficient (Wildman–Crippen LogP) is 3.47. The van der Waals surface area contributed by atoms with Crippen molar-refractivity contribution in [1.29, 1.82) is 0 Å². The predicted molar refractivity (Wildman–Crippen MR) is 77.5 cm³/mol. The summed E-state index contributed by atoms with van der Waals surface area (Å²) < 4.78 is 24.9. The summed E-state index contributed by atoms with van der Waals surface area (Å²) >= 11 is 1.51. The molecule has 0 bridgehead atoms. The average Bonchev–Trinajstić information content (AvgIpc) is 2.78. The van der Waals surface area contributed by atoms with Crippen molar-refractivity contribution in [3.63, 3.8) is 0 Å². The smallest absolute Gasteiger partial charge is 0.255 e. The van der Waals surface area contributed by atoms with Gasteiger partial charge in [-0.25, -0.2) is 13.8 Å². The lowest BCUT2D eigenvalue weighted by Gasteiger charge is -2.14. The molecule has 1 aromatic rings. The van der Waals surface area contributed by atoms with E-state index in [0.29, 0.717) is 11.0 Å². The van der Waals surface area contributed by atoms with Crippen LogP contribution in [0.3, 0.4) is 0 Å². The van der Waals surface area contributed by atoms with Crippen molar-refractivity contribution < 1.29 is 8.78 Å². The standard InChI is InChI=1S/C13H23F2N3S/c1-5-9(3)12-10(7-16-6-2)19-13(17-12)18(4)8-11(14)15/h9,11,16H,5-8H2,1-4H3. The molecule has 0 aliphatic carbocycles. The minimum atomic E-state index is -2.34. The minimum Gasteiger partial charge on any atom is -0.345 e. The molecule has 0 radical (unpaired) electrons. The van der Waals surface area contributed by atoms with E-state index < -0.39 is 6.43 Å². The molecule has 0 saturated carbocycles. The highest BCUT2D eigenvalue weighted by Crippen LogP contribution is 2.31. The van der Waals surface area contributed by atoms with Gasteiger partial charge in [-0.1, -0.05) is 20.8 Å². The summed E-state index contributed by atoms with van der Waals surface area (Å²) in [4.78, 5) is 7.26. The first kappa shape index (κ1) is 16.3. The van der Waals surface area contributed by atoms with Gasteiger partial charge in [-0.2, -0.15) is 0 Å². The van der Waals surface area contributed by atoms with E-state index in [1.165, 1.54) is 16.2 Å². The third kappa shape index (κ3) is 4.69. The average molecular weight is 291 g/mol. The summed E-state index contributed by atoms with van der Waals surface area (Å²) in [7, 11) is 1.67. The maximum atomic E-state index is 12.4. The van der Waals surface area contributed by atoms with Crippen LogP contribution in [0.15, 0.2) is 0 Å². The Bertz CT molecular complexity index is 382. The Hall–Kier alpha value is -0.750. The number of thiazole rings is 1. The third-order valence-electron chi connectivity index (χ3n) is 3.07. The quantitative estimate of drug-likeness (QED) is 0.795. The van der Waals surface area contributed by atoms with Crippen LogP contribution in [0.4, 0.5) is 13.9 Å². The van der Waals surface area contributed by atoms with Gasteiger partial charge in [0.15, 0.2) is 5.13 Å². The van der Waals surface area contributed by atoms with Crippen molar-refractivity contribution >= 4 is 16.5 Å². The number of rotatable bonds is 8. The molecule has 1 unspecified atom stereocenters. The van der Waals surface area contributed by atoms with Crippen molar-refractivity contribution in [2.24, 2.45) is 0 Å². The highest BCUT2D eigenvalue weighted by Gasteiger charge is 2.19. The largest absolute Gasteiger partial charge is 0.345 e. The zero-order valence-electron chi connectivity index (χ0n) is 12.0. The van der Waals surface area contributed by atoms with Crippen molar-refractivity contribution in [3.05, 3.63) is 10.6 Å². The maximum absolute atomic E-state index is 12.4. The first-order valence-electron chi connectivity index (χ1n) is 6.69. The molecule has 0 aliphatic rings. The van der Waals surface area contributed by atoms with Crippen LogP contribution < -0.4 is 10.2 Å². The molecule has 0 aromatic carbocycles. The van der Waals surface area contributed by atoms with Gasteiger partial charge in [-0.3, -0.25) is 0 Å². The van der Waals surface area contributed by atoms with Gasteiger partial charge >= 0.3 is 0 Å². The molecule has 1 N–H and O–H groups in total. The van der Waals surface area contributed by atoms with Crippen molar-refractivity contribution in [2.75, 3.05) is 25.0 Å². The number of nitrogens with one attached hydrogen (secondary N) is 1. The molecular formula is C13H23F2N3S. The zero-order chi connectivity index (χ0) is 14.4. The van der Waals surface area contributed by atoms with E-state index in [1.807, 2.05) is 6.92 Å². The van der Waals surface area contributed by atoms with Crippen LogP contribution in [-0.2, 0) is 6.54 Å². The number of anilines is 1. The van der Waals surface area contributed by atoms with E-state index in [9.17, 15) is 8.78 Å². The summed E-state index contributed by atoms with van der Waals surface area (Å²) in [6.45, 7) is 7.67. The second kappa shape index (κ2) is 7.75. The van der Waals surface area contributed by atoms with Gasteiger partial charge in [0.25, 0.3) is 6.43 Å². The number of halogens is 2. The molecular weight excluding hydrogens is 268 g/mol. The van der Waals surface area contributed by atoms with E-state index in [4.69, 9.17) is 0 Å². The molecule has 0 fully saturated rings. The molecule has 0 aliphatic heterocycles. The van der Waals surface area contributed by atoms with Gasteiger partial charge in [0.2, 0.25) is 0 Å². The van der Waals surface area contributed by atoms with E-state index in [1.54, 1.807) is 7.05 Å². The molecule has 1 rings (SSSR count). The van der Waals surface area contributed by atoms with Gasteiger partial charge in [-0.05, 0) is 18.9 Å². The minimum absolute atomic E-state index is 0.270. The summed E-state index contributed by atoms with van der Waals surface area (Å²) in [5.41, 5.74) is 1.05. The molecule has 3 nitrogen and oxygen atoms in total. The van der Waals surface area contributed by atoms with Crippen molar-refractivity contribution in [1.82, 2.24) is 10.3 Å².